The zero-order valence-electron chi connectivity index (χ0n) is 24.2. The molecule has 10 nitrogen and oxygen atoms in total. The number of benzene rings is 1. The molecule has 1 saturated heterocycles. The third kappa shape index (κ3) is 5.95. The van der Waals surface area contributed by atoms with E-state index in [9.17, 15) is 12.8 Å². The third-order valence-electron chi connectivity index (χ3n) is 8.04. The van der Waals surface area contributed by atoms with Crippen LogP contribution in [-0.2, 0) is 22.8 Å². The van der Waals surface area contributed by atoms with E-state index >= 15 is 0 Å². The molecule has 1 fully saturated rings. The first-order valence-corrected chi connectivity index (χ1v) is 16.7. The van der Waals surface area contributed by atoms with Crippen LogP contribution in [0.4, 0.5) is 4.39 Å². The Morgan fingerprint density at radius 2 is 1.80 bits per heavy atom. The van der Waals surface area contributed by atoms with E-state index in [1.807, 2.05) is 18.5 Å². The highest BCUT2D eigenvalue weighted by Crippen LogP contribution is 2.32. The molecule has 1 aliphatic rings. The SMILES string of the molecule is CS(=O)(=O)CCc1cc(F)cc(-c2ccnc3nc(-c4n[nH]c5cnc(-c6cncc(CN7CCCCC7)c6)cc45)[nH]c23)c1. The Balaban J connectivity index is 1.23. The van der Waals surface area contributed by atoms with Crippen LogP contribution in [0, 0.1) is 5.82 Å². The third-order valence-corrected chi connectivity index (χ3v) is 8.98. The number of aryl methyl sites for hydroxylation is 1. The lowest BCUT2D eigenvalue weighted by atomic mass is 10.0. The number of nitrogens with zero attached hydrogens (tertiary/aromatic N) is 6. The molecule has 0 radical (unpaired) electrons. The number of fused-ring (bicyclic) bond motifs is 2. The number of halogens is 1. The molecule has 2 N–H and O–H groups in total. The Hall–Kier alpha value is -4.55. The molecule has 5 aromatic heterocycles. The quantitative estimate of drug-likeness (QED) is 0.236. The first-order chi connectivity index (χ1) is 21.3. The van der Waals surface area contributed by atoms with Gasteiger partial charge in [-0.1, -0.05) is 12.5 Å². The average molecular weight is 611 g/mol. The summed E-state index contributed by atoms with van der Waals surface area (Å²) in [6.07, 6.45) is 12.3. The number of aromatic amines is 2. The minimum atomic E-state index is -3.18. The van der Waals surface area contributed by atoms with Crippen LogP contribution in [0.15, 0.2) is 61.2 Å². The van der Waals surface area contributed by atoms with E-state index in [0.29, 0.717) is 39.4 Å². The molecule has 44 heavy (non-hydrogen) atoms. The number of likely N-dealkylation sites (tertiary alicyclic amines) is 1. The maximum absolute atomic E-state index is 14.6. The predicted octanol–water partition coefficient (Wildman–Crippen LogP) is 5.34. The summed E-state index contributed by atoms with van der Waals surface area (Å²) in [7, 11) is -3.18. The van der Waals surface area contributed by atoms with Gasteiger partial charge >= 0.3 is 0 Å². The van der Waals surface area contributed by atoms with Crippen LogP contribution in [0.2, 0.25) is 0 Å². The molecule has 0 saturated carbocycles. The minimum absolute atomic E-state index is 0.0578. The van der Waals surface area contributed by atoms with Gasteiger partial charge in [0.2, 0.25) is 0 Å². The number of rotatable bonds is 8. The zero-order valence-corrected chi connectivity index (χ0v) is 25.0. The number of nitrogens with one attached hydrogen (secondary N) is 2. The van der Waals surface area contributed by atoms with Gasteiger partial charge in [0.15, 0.2) is 11.5 Å². The molecule has 0 bridgehead atoms. The number of hydrogen-bond acceptors (Lipinski definition) is 8. The molecule has 6 heterocycles. The molecule has 12 heteroatoms. The molecule has 1 aromatic carbocycles. The minimum Gasteiger partial charge on any atom is -0.335 e. The van der Waals surface area contributed by atoms with Gasteiger partial charge in [-0.15, -0.1) is 0 Å². The molecule has 0 amide bonds. The second-order valence-electron chi connectivity index (χ2n) is 11.5. The van der Waals surface area contributed by atoms with Gasteiger partial charge in [-0.2, -0.15) is 5.10 Å². The fraction of sp³-hybridized carbons (Fsp3) is 0.281. The number of pyridine rings is 3. The molecular weight excluding hydrogens is 579 g/mol. The Morgan fingerprint density at radius 1 is 0.955 bits per heavy atom. The summed E-state index contributed by atoms with van der Waals surface area (Å²) >= 11 is 0. The van der Waals surface area contributed by atoms with Gasteiger partial charge in [-0.05, 0) is 79.4 Å². The summed E-state index contributed by atoms with van der Waals surface area (Å²) in [5.74, 6) is 0.00936. The first kappa shape index (κ1) is 28.2. The lowest BCUT2D eigenvalue weighted by Crippen LogP contribution is -2.29. The van der Waals surface area contributed by atoms with Crippen LogP contribution in [0.25, 0.3) is 56.0 Å². The maximum atomic E-state index is 14.6. The van der Waals surface area contributed by atoms with E-state index in [-0.39, 0.29) is 12.2 Å². The summed E-state index contributed by atoms with van der Waals surface area (Å²) < 4.78 is 38.0. The first-order valence-electron chi connectivity index (χ1n) is 14.6. The standard InChI is InChI=1S/C32H31FN8O2S/c1-44(42,43)10-6-20-11-22(14-24(33)13-20)25-5-7-35-31-29(25)37-32(38-31)30-26-15-27(36-18-28(26)39-40-30)23-12-21(16-34-17-23)19-41-8-3-2-4-9-41/h5,7,11-18H,2-4,6,8-10,19H2,1H3,(H,39,40)(H,35,37,38). The fourth-order valence-corrected chi connectivity index (χ4v) is 6.47. The summed E-state index contributed by atoms with van der Waals surface area (Å²) in [5, 5.41) is 8.43. The molecule has 1 aliphatic heterocycles. The van der Waals surface area contributed by atoms with Crippen molar-refractivity contribution in [3.8, 4) is 33.9 Å². The van der Waals surface area contributed by atoms with Crippen LogP contribution < -0.4 is 0 Å². The van der Waals surface area contributed by atoms with Crippen molar-refractivity contribution in [3.63, 3.8) is 0 Å². The van der Waals surface area contributed by atoms with E-state index < -0.39 is 15.7 Å². The normalized spacial score (nSPS) is 14.5. The fourth-order valence-electron chi connectivity index (χ4n) is 5.86. The van der Waals surface area contributed by atoms with Crippen LogP contribution in [0.3, 0.4) is 0 Å². The Kier molecular flexibility index (Phi) is 7.39. The smallest absolute Gasteiger partial charge is 0.178 e. The Labute approximate surface area is 253 Å². The van der Waals surface area contributed by atoms with Crippen molar-refractivity contribution >= 4 is 31.9 Å². The second kappa shape index (κ2) is 11.5. The van der Waals surface area contributed by atoms with Gasteiger partial charge in [-0.25, -0.2) is 22.8 Å². The summed E-state index contributed by atoms with van der Waals surface area (Å²) in [4.78, 5) is 24.2. The highest BCUT2D eigenvalue weighted by Gasteiger charge is 2.18. The summed E-state index contributed by atoms with van der Waals surface area (Å²) in [6, 6.07) is 10.5. The molecule has 0 aliphatic carbocycles. The van der Waals surface area contributed by atoms with Crippen LogP contribution in [0.5, 0.6) is 0 Å². The lowest BCUT2D eigenvalue weighted by molar-refractivity contribution is 0.220. The van der Waals surface area contributed by atoms with Crippen molar-refractivity contribution in [1.82, 2.24) is 40.0 Å². The monoisotopic (exact) mass is 610 g/mol. The highest BCUT2D eigenvalue weighted by molar-refractivity contribution is 7.90. The van der Waals surface area contributed by atoms with E-state index in [4.69, 9.17) is 4.98 Å². The molecule has 0 spiro atoms. The van der Waals surface area contributed by atoms with Crippen LogP contribution >= 0.6 is 0 Å². The largest absolute Gasteiger partial charge is 0.335 e. The number of piperidine rings is 1. The summed E-state index contributed by atoms with van der Waals surface area (Å²) in [5.41, 5.74) is 7.23. The van der Waals surface area contributed by atoms with Crippen molar-refractivity contribution in [3.05, 3.63) is 78.1 Å². The molecule has 7 rings (SSSR count). The maximum Gasteiger partial charge on any atom is 0.178 e. The highest BCUT2D eigenvalue weighted by atomic mass is 32.2. The van der Waals surface area contributed by atoms with Crippen molar-refractivity contribution in [2.24, 2.45) is 0 Å². The number of imidazole rings is 1. The number of hydrogen-bond donors (Lipinski definition) is 2. The molecule has 0 unspecified atom stereocenters. The Morgan fingerprint density at radius 3 is 2.64 bits per heavy atom. The van der Waals surface area contributed by atoms with E-state index in [0.717, 1.165) is 47.4 Å². The predicted molar refractivity (Wildman–Crippen MR) is 168 cm³/mol. The van der Waals surface area contributed by atoms with Gasteiger partial charge < -0.3 is 4.98 Å². The lowest BCUT2D eigenvalue weighted by Gasteiger charge is -2.26. The van der Waals surface area contributed by atoms with E-state index in [1.54, 1.807) is 24.5 Å². The summed E-state index contributed by atoms with van der Waals surface area (Å²) in [6.45, 7) is 3.10. The van der Waals surface area contributed by atoms with Gasteiger partial charge in [0.25, 0.3) is 0 Å². The number of aromatic nitrogens is 7. The van der Waals surface area contributed by atoms with Crippen molar-refractivity contribution < 1.29 is 12.8 Å². The molecule has 0 atom stereocenters. The van der Waals surface area contributed by atoms with Crippen molar-refractivity contribution in [2.75, 3.05) is 25.1 Å². The van der Waals surface area contributed by atoms with Crippen LogP contribution in [0.1, 0.15) is 30.4 Å². The van der Waals surface area contributed by atoms with E-state index in [2.05, 4.69) is 41.1 Å². The van der Waals surface area contributed by atoms with Gasteiger partial charge in [-0.3, -0.25) is 20.0 Å². The van der Waals surface area contributed by atoms with Gasteiger partial charge in [0.05, 0.1) is 28.7 Å². The number of sulfone groups is 1. The van der Waals surface area contributed by atoms with E-state index in [1.165, 1.54) is 37.7 Å². The van der Waals surface area contributed by atoms with Gasteiger partial charge in [0, 0.05) is 47.9 Å². The molecule has 224 valence electrons. The van der Waals surface area contributed by atoms with Gasteiger partial charge in [0.1, 0.15) is 21.3 Å². The van der Waals surface area contributed by atoms with Crippen LogP contribution in [-0.4, -0.2) is 73.5 Å². The van der Waals surface area contributed by atoms with Crippen molar-refractivity contribution in [2.45, 2.75) is 32.2 Å². The molecular formula is C32H31FN8O2S. The average Bonchev–Trinajstić information content (AvgIpc) is 3.64. The topological polar surface area (TPSA) is 133 Å². The van der Waals surface area contributed by atoms with Crippen molar-refractivity contribution in [1.29, 1.82) is 0 Å². The molecule has 6 aromatic rings. The second-order valence-corrected chi connectivity index (χ2v) is 13.7. The number of H-pyrrole nitrogens is 2. The zero-order chi connectivity index (χ0) is 30.3. The Bertz CT molecular complexity index is 2100.